The van der Waals surface area contributed by atoms with Crippen molar-refractivity contribution >= 4 is 28.4 Å². The zero-order chi connectivity index (χ0) is 25.0. The number of ketones is 1. The van der Waals surface area contributed by atoms with Crippen molar-refractivity contribution in [2.45, 2.75) is 58.3 Å². The number of aromatic hydroxyl groups is 1. The zero-order valence-electron chi connectivity index (χ0n) is 20.7. The highest BCUT2D eigenvalue weighted by Crippen LogP contribution is 2.32. The van der Waals surface area contributed by atoms with Gasteiger partial charge < -0.3 is 19.9 Å². The summed E-state index contributed by atoms with van der Waals surface area (Å²) in [6.07, 6.45) is 9.54. The lowest BCUT2D eigenvalue weighted by molar-refractivity contribution is 0.0751. The average Bonchev–Trinajstić information content (AvgIpc) is 3.17. The molecule has 188 valence electrons. The van der Waals surface area contributed by atoms with Crippen LogP contribution in [0.5, 0.6) is 11.6 Å². The van der Waals surface area contributed by atoms with Crippen molar-refractivity contribution in [1.82, 2.24) is 4.57 Å². The van der Waals surface area contributed by atoms with Crippen molar-refractivity contribution in [3.8, 4) is 11.6 Å². The number of unbranched alkanes of at least 4 members (excludes halogenated alkanes) is 7. The van der Waals surface area contributed by atoms with Gasteiger partial charge in [-0.3, -0.25) is 4.79 Å². The number of rotatable bonds is 14. The van der Waals surface area contributed by atoms with Gasteiger partial charge in [-0.15, -0.1) is 0 Å². The molecule has 0 atom stereocenters. The molecule has 0 aliphatic rings. The summed E-state index contributed by atoms with van der Waals surface area (Å²) in [6, 6.07) is 13.2. The summed E-state index contributed by atoms with van der Waals surface area (Å²) in [5.41, 5.74) is 1.08. The van der Waals surface area contributed by atoms with E-state index in [0.717, 1.165) is 17.4 Å². The second kappa shape index (κ2) is 13.5. The molecule has 3 rings (SSSR count). The van der Waals surface area contributed by atoms with Crippen LogP contribution in [0.3, 0.4) is 0 Å². The minimum absolute atomic E-state index is 0.0985. The summed E-state index contributed by atoms with van der Waals surface area (Å²) in [6.45, 7) is 2.57. The van der Waals surface area contributed by atoms with Gasteiger partial charge in [-0.2, -0.15) is 0 Å². The largest absolute Gasteiger partial charge is 0.497 e. The average molecular weight is 481 g/mol. The fourth-order valence-electron chi connectivity index (χ4n) is 4.14. The number of amides is 1. The van der Waals surface area contributed by atoms with Crippen LogP contribution in [0.15, 0.2) is 48.5 Å². The third-order valence-corrected chi connectivity index (χ3v) is 6.05. The van der Waals surface area contributed by atoms with E-state index < -0.39 is 11.9 Å². The van der Waals surface area contributed by atoms with Gasteiger partial charge in [-0.05, 0) is 36.8 Å². The number of ether oxygens (including phenoxy) is 2. The predicted molar refractivity (Wildman–Crippen MR) is 139 cm³/mol. The minimum atomic E-state index is -0.567. The maximum absolute atomic E-state index is 13.0. The summed E-state index contributed by atoms with van der Waals surface area (Å²) >= 11 is 0. The number of carbonyl (C=O) groups is 2. The molecule has 1 amide bonds. The summed E-state index contributed by atoms with van der Waals surface area (Å²) < 4.78 is 11.9. The lowest BCUT2D eigenvalue weighted by atomic mass is 10.1. The van der Waals surface area contributed by atoms with Gasteiger partial charge >= 0.3 is 6.03 Å². The Labute approximate surface area is 207 Å². The quantitative estimate of drug-likeness (QED) is 0.196. The van der Waals surface area contributed by atoms with Gasteiger partial charge in [0.2, 0.25) is 5.88 Å². The Morgan fingerprint density at radius 2 is 1.57 bits per heavy atom. The van der Waals surface area contributed by atoms with Gasteiger partial charge in [0.05, 0.1) is 18.2 Å². The summed E-state index contributed by atoms with van der Waals surface area (Å²) in [4.78, 5) is 25.9. The Morgan fingerprint density at radius 1 is 0.914 bits per heavy atom. The second-order valence-corrected chi connectivity index (χ2v) is 8.66. The molecule has 0 aliphatic heterocycles. The Bertz CT molecular complexity index is 1100. The molecular formula is C28H36N2O5. The van der Waals surface area contributed by atoms with Gasteiger partial charge in [-0.25, -0.2) is 9.36 Å². The van der Waals surface area contributed by atoms with Crippen LogP contribution >= 0.6 is 0 Å². The van der Waals surface area contributed by atoms with Crippen molar-refractivity contribution in [2.75, 3.05) is 25.6 Å². The van der Waals surface area contributed by atoms with Crippen LogP contribution in [0, 0.1) is 0 Å². The summed E-state index contributed by atoms with van der Waals surface area (Å²) in [7, 11) is 1.56. The molecule has 7 nitrogen and oxygen atoms in total. The van der Waals surface area contributed by atoms with E-state index in [4.69, 9.17) is 9.47 Å². The molecule has 2 aromatic carbocycles. The van der Waals surface area contributed by atoms with Crippen LogP contribution in [-0.4, -0.2) is 41.8 Å². The van der Waals surface area contributed by atoms with Crippen molar-refractivity contribution in [3.63, 3.8) is 0 Å². The molecule has 0 spiro atoms. The van der Waals surface area contributed by atoms with Crippen molar-refractivity contribution in [1.29, 1.82) is 0 Å². The highest BCUT2D eigenvalue weighted by molar-refractivity contribution is 6.14. The van der Waals surface area contributed by atoms with Gasteiger partial charge in [0.25, 0.3) is 0 Å². The standard InChI is InChI=1S/C28H36N2O5/c1-3-4-5-6-7-8-9-12-19-35-20-25(31)26-23-13-10-11-14-24(23)30(27(26)32)28(33)29-21-15-17-22(34-2)18-16-21/h10-11,13-18,32H,3-9,12,19-20H2,1-2H3,(H,29,33). The van der Waals surface area contributed by atoms with Crippen LogP contribution in [-0.2, 0) is 4.74 Å². The Balaban J connectivity index is 1.60. The first kappa shape index (κ1) is 26.3. The zero-order valence-corrected chi connectivity index (χ0v) is 20.7. The summed E-state index contributed by atoms with van der Waals surface area (Å²) in [5.74, 6) is -0.0794. The van der Waals surface area contributed by atoms with E-state index in [-0.39, 0.29) is 18.0 Å². The number of methoxy groups -OCH3 is 1. The van der Waals surface area contributed by atoms with Crippen molar-refractivity contribution in [3.05, 3.63) is 54.1 Å². The van der Waals surface area contributed by atoms with Crippen LogP contribution in [0.1, 0.15) is 68.6 Å². The molecule has 0 fully saturated rings. The molecule has 35 heavy (non-hydrogen) atoms. The predicted octanol–water partition coefficient (Wildman–Crippen LogP) is 6.78. The van der Waals surface area contributed by atoms with E-state index in [1.165, 1.54) is 38.5 Å². The fourth-order valence-corrected chi connectivity index (χ4v) is 4.14. The van der Waals surface area contributed by atoms with Gasteiger partial charge in [0.15, 0.2) is 5.78 Å². The van der Waals surface area contributed by atoms with E-state index in [0.29, 0.717) is 28.9 Å². The van der Waals surface area contributed by atoms with Gasteiger partial charge in [0.1, 0.15) is 12.4 Å². The molecule has 7 heteroatoms. The lowest BCUT2D eigenvalue weighted by Gasteiger charge is -2.09. The van der Waals surface area contributed by atoms with Gasteiger partial charge in [-0.1, -0.05) is 70.1 Å². The molecular weight excluding hydrogens is 444 g/mol. The number of fused-ring (bicyclic) bond motifs is 1. The molecule has 1 aromatic heterocycles. The molecule has 0 aliphatic carbocycles. The van der Waals surface area contributed by atoms with E-state index in [9.17, 15) is 14.7 Å². The first-order valence-electron chi connectivity index (χ1n) is 12.5. The lowest BCUT2D eigenvalue weighted by Crippen LogP contribution is -2.19. The SMILES string of the molecule is CCCCCCCCCCOCC(=O)c1c(O)n(C(=O)Nc2ccc(OC)cc2)c2ccccc12. The molecule has 0 bridgehead atoms. The smallest absolute Gasteiger partial charge is 0.333 e. The first-order valence-corrected chi connectivity index (χ1v) is 12.5. The second-order valence-electron chi connectivity index (χ2n) is 8.66. The maximum Gasteiger partial charge on any atom is 0.333 e. The Morgan fingerprint density at radius 3 is 2.26 bits per heavy atom. The van der Waals surface area contributed by atoms with Gasteiger partial charge in [0, 0.05) is 17.7 Å². The third-order valence-electron chi connectivity index (χ3n) is 6.05. The van der Waals surface area contributed by atoms with Crippen LogP contribution in [0.2, 0.25) is 0 Å². The number of carbonyl (C=O) groups excluding carboxylic acids is 2. The third kappa shape index (κ3) is 7.09. The fraction of sp³-hybridized carbons (Fsp3) is 0.429. The number of hydrogen-bond acceptors (Lipinski definition) is 5. The van der Waals surface area contributed by atoms with Crippen molar-refractivity contribution < 1.29 is 24.2 Å². The summed E-state index contributed by atoms with van der Waals surface area (Å²) in [5, 5.41) is 14.1. The molecule has 3 aromatic rings. The normalized spacial score (nSPS) is 11.0. The van der Waals surface area contributed by atoms with E-state index in [2.05, 4.69) is 12.2 Å². The molecule has 1 heterocycles. The van der Waals surface area contributed by atoms with E-state index in [1.807, 2.05) is 0 Å². The van der Waals surface area contributed by atoms with E-state index >= 15 is 0 Å². The highest BCUT2D eigenvalue weighted by atomic mass is 16.5. The molecule has 0 unspecified atom stereocenters. The monoisotopic (exact) mass is 480 g/mol. The number of nitrogens with one attached hydrogen (secondary N) is 1. The molecule has 0 radical (unpaired) electrons. The number of anilines is 1. The number of para-hydroxylation sites is 1. The number of hydrogen-bond donors (Lipinski definition) is 2. The van der Waals surface area contributed by atoms with Crippen LogP contribution in [0.25, 0.3) is 10.9 Å². The van der Waals surface area contributed by atoms with Crippen LogP contribution in [0.4, 0.5) is 10.5 Å². The molecule has 0 saturated carbocycles. The Kier molecular flexibility index (Phi) is 10.2. The highest BCUT2D eigenvalue weighted by Gasteiger charge is 2.25. The van der Waals surface area contributed by atoms with E-state index in [1.54, 1.807) is 55.6 Å². The molecule has 2 N–H and O–H groups in total. The first-order chi connectivity index (χ1) is 17.1. The molecule has 0 saturated heterocycles. The number of Topliss-reactive ketones (excluding diaryl/α,β-unsaturated/α-hetero) is 1. The van der Waals surface area contributed by atoms with Crippen molar-refractivity contribution in [2.24, 2.45) is 0 Å². The number of benzene rings is 2. The minimum Gasteiger partial charge on any atom is -0.497 e. The Hall–Kier alpha value is -3.32. The number of nitrogens with zero attached hydrogens (tertiary/aromatic N) is 1. The maximum atomic E-state index is 13.0. The van der Waals surface area contributed by atoms with Crippen LogP contribution < -0.4 is 10.1 Å². The number of aromatic nitrogens is 1. The topological polar surface area (TPSA) is 89.8 Å².